The summed E-state index contributed by atoms with van der Waals surface area (Å²) in [5, 5.41) is 9.96. The molecule has 0 bridgehead atoms. The van der Waals surface area contributed by atoms with Gasteiger partial charge in [-0.15, -0.1) is 0 Å². The van der Waals surface area contributed by atoms with Crippen molar-refractivity contribution in [3.8, 4) is 0 Å². The van der Waals surface area contributed by atoms with Gasteiger partial charge in [-0.25, -0.2) is 0 Å². The van der Waals surface area contributed by atoms with Crippen molar-refractivity contribution < 1.29 is 9.53 Å². The summed E-state index contributed by atoms with van der Waals surface area (Å²) < 4.78 is 5.70. The van der Waals surface area contributed by atoms with Crippen LogP contribution in [0.4, 0.5) is 0 Å². The molecule has 0 radical (unpaired) electrons. The first-order chi connectivity index (χ1) is 10.4. The Morgan fingerprint density at radius 1 is 1.45 bits per heavy atom. The van der Waals surface area contributed by atoms with Crippen LogP contribution in [-0.2, 0) is 11.2 Å². The minimum absolute atomic E-state index is 0.111. The molecule has 6 heteroatoms. The zero-order valence-electron chi connectivity index (χ0n) is 14.1. The zero-order valence-corrected chi connectivity index (χ0v) is 14.1. The SMILES string of the molecule is CC(C)Cc1cc(C(=O)NCCN2C[C@@H](C)O[C@@H](C)C2)n[nH]1. The second kappa shape index (κ2) is 7.74. The Morgan fingerprint density at radius 2 is 2.14 bits per heavy atom. The third-order valence-corrected chi connectivity index (χ3v) is 3.70. The average molecular weight is 308 g/mol. The van der Waals surface area contributed by atoms with E-state index in [4.69, 9.17) is 4.74 Å². The molecule has 2 atom stereocenters. The lowest BCUT2D eigenvalue weighted by molar-refractivity contribution is -0.0672. The first-order valence-corrected chi connectivity index (χ1v) is 8.14. The molecule has 1 fully saturated rings. The Balaban J connectivity index is 1.74. The summed E-state index contributed by atoms with van der Waals surface area (Å²) in [6.07, 6.45) is 1.41. The lowest BCUT2D eigenvalue weighted by Gasteiger charge is -2.35. The van der Waals surface area contributed by atoms with Crippen molar-refractivity contribution in [3.05, 3.63) is 17.5 Å². The van der Waals surface area contributed by atoms with E-state index in [-0.39, 0.29) is 18.1 Å². The smallest absolute Gasteiger partial charge is 0.271 e. The van der Waals surface area contributed by atoms with Crippen molar-refractivity contribution in [3.63, 3.8) is 0 Å². The minimum Gasteiger partial charge on any atom is -0.373 e. The Labute approximate surface area is 132 Å². The zero-order chi connectivity index (χ0) is 16.1. The summed E-state index contributed by atoms with van der Waals surface area (Å²) in [5.74, 6) is 0.433. The van der Waals surface area contributed by atoms with Crippen LogP contribution in [0.1, 0.15) is 43.9 Å². The lowest BCUT2D eigenvalue weighted by atomic mass is 10.1. The molecule has 1 aromatic rings. The van der Waals surface area contributed by atoms with Crippen LogP contribution in [0.2, 0.25) is 0 Å². The predicted molar refractivity (Wildman–Crippen MR) is 85.9 cm³/mol. The third kappa shape index (κ3) is 5.10. The second-order valence-electron chi connectivity index (χ2n) is 6.65. The Kier molecular flexibility index (Phi) is 5.97. The molecule has 1 saturated heterocycles. The molecule has 0 aromatic carbocycles. The first-order valence-electron chi connectivity index (χ1n) is 8.14. The maximum atomic E-state index is 12.1. The molecule has 1 aromatic heterocycles. The van der Waals surface area contributed by atoms with Crippen molar-refractivity contribution in [1.29, 1.82) is 0 Å². The Hall–Kier alpha value is -1.40. The van der Waals surface area contributed by atoms with Gasteiger partial charge in [0.2, 0.25) is 0 Å². The van der Waals surface area contributed by atoms with E-state index >= 15 is 0 Å². The Bertz CT molecular complexity index is 476. The number of H-pyrrole nitrogens is 1. The van der Waals surface area contributed by atoms with E-state index in [0.717, 1.165) is 31.7 Å². The van der Waals surface area contributed by atoms with Crippen LogP contribution >= 0.6 is 0 Å². The number of rotatable bonds is 6. The summed E-state index contributed by atoms with van der Waals surface area (Å²) >= 11 is 0. The Morgan fingerprint density at radius 3 is 2.77 bits per heavy atom. The van der Waals surface area contributed by atoms with Crippen molar-refractivity contribution >= 4 is 5.91 Å². The van der Waals surface area contributed by atoms with Gasteiger partial charge in [-0.05, 0) is 32.3 Å². The molecule has 22 heavy (non-hydrogen) atoms. The number of morpholine rings is 1. The quantitative estimate of drug-likeness (QED) is 0.834. The van der Waals surface area contributed by atoms with E-state index in [9.17, 15) is 4.79 Å². The number of ether oxygens (including phenoxy) is 1. The van der Waals surface area contributed by atoms with Gasteiger partial charge in [-0.1, -0.05) is 13.8 Å². The van der Waals surface area contributed by atoms with Gasteiger partial charge in [-0.2, -0.15) is 5.10 Å². The number of carbonyl (C=O) groups is 1. The molecule has 2 heterocycles. The van der Waals surface area contributed by atoms with E-state index in [1.54, 1.807) is 0 Å². The van der Waals surface area contributed by atoms with Crippen LogP contribution < -0.4 is 5.32 Å². The molecule has 1 aliphatic rings. The third-order valence-electron chi connectivity index (χ3n) is 3.70. The van der Waals surface area contributed by atoms with E-state index in [1.807, 2.05) is 6.07 Å². The van der Waals surface area contributed by atoms with Crippen molar-refractivity contribution in [2.45, 2.75) is 46.3 Å². The molecule has 2 N–H and O–H groups in total. The molecule has 2 rings (SSSR count). The molecule has 1 aliphatic heterocycles. The van der Waals surface area contributed by atoms with Crippen LogP contribution in [0.5, 0.6) is 0 Å². The van der Waals surface area contributed by atoms with Gasteiger partial charge < -0.3 is 10.1 Å². The van der Waals surface area contributed by atoms with Crippen LogP contribution in [0.3, 0.4) is 0 Å². The van der Waals surface area contributed by atoms with E-state index < -0.39 is 0 Å². The van der Waals surface area contributed by atoms with Gasteiger partial charge in [0.25, 0.3) is 5.91 Å². The average Bonchev–Trinajstić information content (AvgIpc) is 2.85. The summed E-state index contributed by atoms with van der Waals surface area (Å²) in [4.78, 5) is 14.4. The fourth-order valence-corrected chi connectivity index (χ4v) is 2.91. The fourth-order valence-electron chi connectivity index (χ4n) is 2.91. The topological polar surface area (TPSA) is 70.2 Å². The maximum Gasteiger partial charge on any atom is 0.271 e. The molecule has 6 nitrogen and oxygen atoms in total. The monoisotopic (exact) mass is 308 g/mol. The van der Waals surface area contributed by atoms with Gasteiger partial charge in [0.05, 0.1) is 12.2 Å². The number of aromatic nitrogens is 2. The van der Waals surface area contributed by atoms with E-state index in [1.165, 1.54) is 0 Å². The number of hydrogen-bond acceptors (Lipinski definition) is 4. The standard InChI is InChI=1S/C16H28N4O2/c1-11(2)7-14-8-15(19-18-14)16(21)17-5-6-20-9-12(3)22-13(4)10-20/h8,11-13H,5-7,9-10H2,1-4H3,(H,17,21)(H,18,19)/t12-,13+. The molecule has 0 saturated carbocycles. The number of nitrogens with one attached hydrogen (secondary N) is 2. The number of aromatic amines is 1. The maximum absolute atomic E-state index is 12.1. The largest absolute Gasteiger partial charge is 0.373 e. The molecule has 1 amide bonds. The molecule has 0 unspecified atom stereocenters. The fraction of sp³-hybridized carbons (Fsp3) is 0.750. The summed E-state index contributed by atoms with van der Waals surface area (Å²) in [6, 6.07) is 1.84. The molecule has 0 spiro atoms. The van der Waals surface area contributed by atoms with Crippen LogP contribution in [-0.4, -0.2) is 59.4 Å². The first kappa shape index (κ1) is 17.0. The molecular formula is C16H28N4O2. The van der Waals surface area contributed by atoms with Crippen molar-refractivity contribution in [1.82, 2.24) is 20.4 Å². The normalized spacial score (nSPS) is 23.0. The second-order valence-corrected chi connectivity index (χ2v) is 6.65. The number of nitrogens with zero attached hydrogens (tertiary/aromatic N) is 2. The van der Waals surface area contributed by atoms with Gasteiger partial charge in [0, 0.05) is 31.9 Å². The van der Waals surface area contributed by atoms with Crippen LogP contribution in [0, 0.1) is 5.92 Å². The highest BCUT2D eigenvalue weighted by Crippen LogP contribution is 2.10. The summed E-state index contributed by atoms with van der Waals surface area (Å²) in [6.45, 7) is 11.8. The summed E-state index contributed by atoms with van der Waals surface area (Å²) in [5.41, 5.74) is 1.48. The van der Waals surface area contributed by atoms with E-state index in [2.05, 4.69) is 48.1 Å². The van der Waals surface area contributed by atoms with Gasteiger partial charge >= 0.3 is 0 Å². The van der Waals surface area contributed by atoms with Crippen LogP contribution in [0.15, 0.2) is 6.07 Å². The van der Waals surface area contributed by atoms with Crippen molar-refractivity contribution in [2.75, 3.05) is 26.2 Å². The molecular weight excluding hydrogens is 280 g/mol. The number of carbonyl (C=O) groups excluding carboxylic acids is 1. The minimum atomic E-state index is -0.111. The van der Waals surface area contributed by atoms with Crippen molar-refractivity contribution in [2.24, 2.45) is 5.92 Å². The highest BCUT2D eigenvalue weighted by molar-refractivity contribution is 5.92. The number of amides is 1. The lowest BCUT2D eigenvalue weighted by Crippen LogP contribution is -2.47. The van der Waals surface area contributed by atoms with Crippen LogP contribution in [0.25, 0.3) is 0 Å². The van der Waals surface area contributed by atoms with Gasteiger partial charge in [0.15, 0.2) is 0 Å². The highest BCUT2D eigenvalue weighted by atomic mass is 16.5. The summed E-state index contributed by atoms with van der Waals surface area (Å²) in [7, 11) is 0. The van der Waals surface area contributed by atoms with Gasteiger partial charge in [-0.3, -0.25) is 14.8 Å². The highest BCUT2D eigenvalue weighted by Gasteiger charge is 2.21. The molecule has 0 aliphatic carbocycles. The predicted octanol–water partition coefficient (Wildman–Crippen LogP) is 1.45. The van der Waals surface area contributed by atoms with Gasteiger partial charge in [0.1, 0.15) is 5.69 Å². The van der Waals surface area contributed by atoms with E-state index in [0.29, 0.717) is 18.2 Å². The number of hydrogen-bond donors (Lipinski definition) is 2. The molecule has 124 valence electrons.